The van der Waals surface area contributed by atoms with Crippen LogP contribution in [-0.4, -0.2) is 28.8 Å². The number of aromatic nitrogens is 1. The van der Waals surface area contributed by atoms with E-state index in [4.69, 9.17) is 5.73 Å². The van der Waals surface area contributed by atoms with E-state index in [-0.39, 0.29) is 11.8 Å². The first-order valence-electron chi connectivity index (χ1n) is 7.87. The van der Waals surface area contributed by atoms with Gasteiger partial charge in [-0.1, -0.05) is 18.2 Å². The zero-order valence-electron chi connectivity index (χ0n) is 13.2. The molecular formula is C18H17BrN4O. The SMILES string of the molecule is CN1C(=O)C(c2cccc(-c3cncc(Br)c3)c2)(C2CC2)N=C1N. The number of carbonyl (C=O) groups is 1. The summed E-state index contributed by atoms with van der Waals surface area (Å²) in [4.78, 5) is 23.2. The van der Waals surface area contributed by atoms with Gasteiger partial charge in [-0.3, -0.25) is 14.7 Å². The summed E-state index contributed by atoms with van der Waals surface area (Å²) in [5, 5.41) is 0. The van der Waals surface area contributed by atoms with Crippen LogP contribution in [0.5, 0.6) is 0 Å². The molecule has 2 aliphatic rings. The number of nitrogens with two attached hydrogens (primary N) is 1. The number of halogens is 1. The van der Waals surface area contributed by atoms with Crippen molar-refractivity contribution < 1.29 is 4.79 Å². The van der Waals surface area contributed by atoms with E-state index >= 15 is 0 Å². The van der Waals surface area contributed by atoms with Crippen molar-refractivity contribution in [2.75, 3.05) is 7.05 Å². The number of guanidine groups is 1. The number of hydrogen-bond donors (Lipinski definition) is 1. The molecule has 0 radical (unpaired) electrons. The molecule has 6 heteroatoms. The number of benzene rings is 1. The molecule has 24 heavy (non-hydrogen) atoms. The third-order valence-corrected chi connectivity index (χ3v) is 5.21. The second-order valence-electron chi connectivity index (χ2n) is 6.35. The largest absolute Gasteiger partial charge is 0.369 e. The lowest BCUT2D eigenvalue weighted by Gasteiger charge is -2.25. The fraction of sp³-hybridized carbons (Fsp3) is 0.278. The van der Waals surface area contributed by atoms with Gasteiger partial charge in [0.2, 0.25) is 0 Å². The molecule has 0 bridgehead atoms. The van der Waals surface area contributed by atoms with Gasteiger partial charge in [0.05, 0.1) is 0 Å². The molecular weight excluding hydrogens is 368 g/mol. The molecule has 1 aliphatic heterocycles. The maximum atomic E-state index is 12.9. The Kier molecular flexibility index (Phi) is 3.46. The molecule has 1 aromatic carbocycles. The van der Waals surface area contributed by atoms with Gasteiger partial charge in [-0.2, -0.15) is 0 Å². The maximum absolute atomic E-state index is 12.9. The molecule has 1 aromatic heterocycles. The van der Waals surface area contributed by atoms with Gasteiger partial charge in [-0.15, -0.1) is 0 Å². The van der Waals surface area contributed by atoms with E-state index in [2.05, 4.69) is 25.9 Å². The van der Waals surface area contributed by atoms with Crippen molar-refractivity contribution in [3.05, 3.63) is 52.8 Å². The monoisotopic (exact) mass is 384 g/mol. The maximum Gasteiger partial charge on any atom is 0.261 e. The van der Waals surface area contributed by atoms with E-state index in [0.29, 0.717) is 5.96 Å². The molecule has 1 saturated carbocycles. The van der Waals surface area contributed by atoms with Crippen LogP contribution >= 0.6 is 15.9 Å². The summed E-state index contributed by atoms with van der Waals surface area (Å²) in [5.74, 6) is 0.484. The van der Waals surface area contributed by atoms with Crippen LogP contribution in [0.2, 0.25) is 0 Å². The van der Waals surface area contributed by atoms with Gasteiger partial charge >= 0.3 is 0 Å². The van der Waals surface area contributed by atoms with Gasteiger partial charge in [-0.25, -0.2) is 4.99 Å². The Morgan fingerprint density at radius 1 is 1.25 bits per heavy atom. The molecule has 1 atom stereocenters. The van der Waals surface area contributed by atoms with Gasteiger partial charge in [0, 0.05) is 29.5 Å². The summed E-state index contributed by atoms with van der Waals surface area (Å²) in [6.07, 6.45) is 5.56. The fourth-order valence-corrected chi connectivity index (χ4v) is 3.72. The lowest BCUT2D eigenvalue weighted by Crippen LogP contribution is -2.41. The molecule has 1 amide bonds. The summed E-state index contributed by atoms with van der Waals surface area (Å²) < 4.78 is 0.918. The van der Waals surface area contributed by atoms with Crippen LogP contribution in [-0.2, 0) is 10.3 Å². The van der Waals surface area contributed by atoms with Crippen molar-refractivity contribution in [2.24, 2.45) is 16.6 Å². The van der Waals surface area contributed by atoms with Gasteiger partial charge in [-0.05, 0) is 57.9 Å². The molecule has 0 spiro atoms. The Labute approximate surface area is 148 Å². The predicted octanol–water partition coefficient (Wildman–Crippen LogP) is 2.90. The number of pyridine rings is 1. The first kappa shape index (κ1) is 15.3. The molecule has 2 N–H and O–H groups in total. The standard InChI is InChI=1S/C18H17BrN4O/c1-23-16(24)18(13-5-6-13,22-17(23)20)14-4-2-3-11(7-14)12-8-15(19)10-21-9-12/h2-4,7-10,13H,5-6H2,1H3,(H2,20,22). The first-order valence-corrected chi connectivity index (χ1v) is 8.66. The Bertz CT molecular complexity index is 862. The van der Waals surface area contributed by atoms with Crippen molar-refractivity contribution in [2.45, 2.75) is 18.4 Å². The molecule has 1 aliphatic carbocycles. The van der Waals surface area contributed by atoms with E-state index in [1.165, 1.54) is 4.90 Å². The zero-order chi connectivity index (χ0) is 16.9. The highest BCUT2D eigenvalue weighted by Gasteiger charge is 2.57. The predicted molar refractivity (Wildman–Crippen MR) is 96.2 cm³/mol. The summed E-state index contributed by atoms with van der Waals surface area (Å²) in [7, 11) is 1.69. The number of aliphatic imine (C=N–C) groups is 1. The van der Waals surface area contributed by atoms with E-state index < -0.39 is 5.54 Å². The van der Waals surface area contributed by atoms with Gasteiger partial charge in [0.15, 0.2) is 11.5 Å². The Balaban J connectivity index is 1.84. The smallest absolute Gasteiger partial charge is 0.261 e. The number of rotatable bonds is 3. The summed E-state index contributed by atoms with van der Waals surface area (Å²) in [6, 6.07) is 10.0. The highest BCUT2D eigenvalue weighted by Crippen LogP contribution is 2.51. The van der Waals surface area contributed by atoms with Crippen LogP contribution in [0.3, 0.4) is 0 Å². The normalized spacial score (nSPS) is 23.5. The zero-order valence-corrected chi connectivity index (χ0v) is 14.8. The van der Waals surface area contributed by atoms with Crippen LogP contribution < -0.4 is 5.73 Å². The molecule has 1 unspecified atom stereocenters. The summed E-state index contributed by atoms with van der Waals surface area (Å²) in [5.41, 5.74) is 8.00. The molecule has 2 heterocycles. The van der Waals surface area contributed by atoms with Crippen molar-refractivity contribution in [3.8, 4) is 11.1 Å². The highest BCUT2D eigenvalue weighted by atomic mass is 79.9. The van der Waals surface area contributed by atoms with Crippen molar-refractivity contribution in [1.29, 1.82) is 0 Å². The minimum absolute atomic E-state index is 0.0352. The van der Waals surface area contributed by atoms with Gasteiger partial charge < -0.3 is 5.73 Å². The third-order valence-electron chi connectivity index (χ3n) is 4.77. The molecule has 122 valence electrons. The van der Waals surface area contributed by atoms with Gasteiger partial charge in [0.1, 0.15) is 0 Å². The Morgan fingerprint density at radius 3 is 2.67 bits per heavy atom. The minimum atomic E-state index is -0.867. The topological polar surface area (TPSA) is 71.6 Å². The fourth-order valence-electron chi connectivity index (χ4n) is 3.36. The molecule has 5 nitrogen and oxygen atoms in total. The van der Waals surface area contributed by atoms with Crippen LogP contribution in [0, 0.1) is 5.92 Å². The molecule has 1 fully saturated rings. The second-order valence-corrected chi connectivity index (χ2v) is 7.26. The highest BCUT2D eigenvalue weighted by molar-refractivity contribution is 9.10. The Hall–Kier alpha value is -2.21. The quantitative estimate of drug-likeness (QED) is 0.883. The second kappa shape index (κ2) is 5.41. The van der Waals surface area contributed by atoms with Crippen molar-refractivity contribution in [1.82, 2.24) is 9.88 Å². The number of carbonyl (C=O) groups excluding carboxylic acids is 1. The third kappa shape index (κ3) is 2.24. The Morgan fingerprint density at radius 2 is 2.04 bits per heavy atom. The lowest BCUT2D eigenvalue weighted by atomic mass is 9.83. The molecule has 0 saturated heterocycles. The lowest BCUT2D eigenvalue weighted by molar-refractivity contribution is -0.131. The van der Waals surface area contributed by atoms with E-state index in [1.807, 2.05) is 36.5 Å². The van der Waals surface area contributed by atoms with Crippen molar-refractivity contribution in [3.63, 3.8) is 0 Å². The molecule has 4 rings (SSSR count). The number of likely N-dealkylation sites (N-methyl/N-ethyl adjacent to an activating group) is 1. The van der Waals surface area contributed by atoms with Gasteiger partial charge in [0.25, 0.3) is 5.91 Å². The number of nitrogens with zero attached hydrogens (tertiary/aromatic N) is 3. The van der Waals surface area contributed by atoms with Crippen molar-refractivity contribution >= 4 is 27.8 Å². The van der Waals surface area contributed by atoms with E-state index in [1.54, 1.807) is 13.2 Å². The summed E-state index contributed by atoms with van der Waals surface area (Å²) in [6.45, 7) is 0. The van der Waals surface area contributed by atoms with Crippen LogP contribution in [0.1, 0.15) is 18.4 Å². The van der Waals surface area contributed by atoms with Crippen LogP contribution in [0.4, 0.5) is 0 Å². The number of hydrogen-bond acceptors (Lipinski definition) is 4. The minimum Gasteiger partial charge on any atom is -0.369 e. The van der Waals surface area contributed by atoms with Crippen LogP contribution in [0.25, 0.3) is 11.1 Å². The average Bonchev–Trinajstić information content (AvgIpc) is 3.40. The summed E-state index contributed by atoms with van der Waals surface area (Å²) >= 11 is 3.45. The number of amides is 1. The average molecular weight is 385 g/mol. The first-order chi connectivity index (χ1) is 11.5. The van der Waals surface area contributed by atoms with Crippen LogP contribution in [0.15, 0.2) is 52.2 Å². The van der Waals surface area contributed by atoms with E-state index in [0.717, 1.165) is 34.0 Å². The van der Waals surface area contributed by atoms with E-state index in [9.17, 15) is 4.79 Å². The molecule has 2 aromatic rings.